The average Bonchev–Trinajstić information content (AvgIpc) is 3.46. The number of hydrogen-bond donors (Lipinski definition) is 0. The summed E-state index contributed by atoms with van der Waals surface area (Å²) < 4.78 is 21.8. The van der Waals surface area contributed by atoms with Gasteiger partial charge < -0.3 is 9.64 Å². The predicted molar refractivity (Wildman–Crippen MR) is 113 cm³/mol. The van der Waals surface area contributed by atoms with Crippen molar-refractivity contribution in [3.63, 3.8) is 0 Å². The first-order chi connectivity index (χ1) is 15.1. The number of benzene rings is 2. The fourth-order valence-electron chi connectivity index (χ4n) is 4.14. The third-order valence-electron chi connectivity index (χ3n) is 5.70. The molecule has 158 valence electrons. The van der Waals surface area contributed by atoms with Gasteiger partial charge in [0.2, 0.25) is 0 Å². The monoisotopic (exact) mass is 419 g/mol. The lowest BCUT2D eigenvalue weighted by atomic mass is 10.1. The maximum Gasteiger partial charge on any atom is 0.257 e. The zero-order chi connectivity index (χ0) is 21.4. The summed E-state index contributed by atoms with van der Waals surface area (Å²) >= 11 is 0. The Morgan fingerprint density at radius 2 is 2.13 bits per heavy atom. The molecular weight excluding hydrogens is 397 g/mol. The van der Waals surface area contributed by atoms with E-state index in [0.717, 1.165) is 34.9 Å². The molecule has 0 unspecified atom stereocenters. The molecule has 1 amide bonds. The van der Waals surface area contributed by atoms with E-state index in [2.05, 4.69) is 15.5 Å². The first kappa shape index (κ1) is 19.6. The van der Waals surface area contributed by atoms with Gasteiger partial charge in [0.1, 0.15) is 5.82 Å². The Balaban J connectivity index is 1.56. The van der Waals surface area contributed by atoms with E-state index in [1.54, 1.807) is 21.5 Å². The van der Waals surface area contributed by atoms with Crippen LogP contribution in [0.2, 0.25) is 0 Å². The molecule has 1 aliphatic heterocycles. The van der Waals surface area contributed by atoms with E-state index in [9.17, 15) is 9.18 Å². The standard InChI is InChI=1S/C23H22FN5O2/c1-15-8-9-16-12-17(22-25-26-27-29(22)21(16)11-15)13-28(14-18-5-4-10-31-18)23(30)19-6-2-3-7-20(19)24/h2-3,6-9,11-12,18H,4-5,10,13-14H2,1H3/t18-/m1/s1. The lowest BCUT2D eigenvalue weighted by molar-refractivity contribution is 0.0504. The number of fused-ring (bicyclic) bond motifs is 3. The number of aromatic nitrogens is 4. The van der Waals surface area contributed by atoms with Gasteiger partial charge in [-0.05, 0) is 60.0 Å². The Bertz CT molecular complexity index is 1270. The van der Waals surface area contributed by atoms with Crippen molar-refractivity contribution in [1.29, 1.82) is 0 Å². The minimum Gasteiger partial charge on any atom is -0.376 e. The van der Waals surface area contributed by atoms with E-state index in [0.29, 0.717) is 18.8 Å². The van der Waals surface area contributed by atoms with Gasteiger partial charge in [-0.2, -0.15) is 4.52 Å². The SMILES string of the molecule is Cc1ccc2cc(CN(C[C@H]3CCCO3)C(=O)c3ccccc3F)c3nnnn3c2c1. The van der Waals surface area contributed by atoms with Crippen LogP contribution in [0.4, 0.5) is 4.39 Å². The van der Waals surface area contributed by atoms with Gasteiger partial charge in [0.25, 0.3) is 5.91 Å². The second-order valence-electron chi connectivity index (χ2n) is 7.95. The molecule has 1 atom stereocenters. The van der Waals surface area contributed by atoms with Crippen LogP contribution < -0.4 is 0 Å². The highest BCUT2D eigenvalue weighted by Crippen LogP contribution is 2.24. The van der Waals surface area contributed by atoms with Crippen LogP contribution in [0.5, 0.6) is 0 Å². The van der Waals surface area contributed by atoms with Crippen molar-refractivity contribution < 1.29 is 13.9 Å². The zero-order valence-corrected chi connectivity index (χ0v) is 17.2. The third-order valence-corrected chi connectivity index (χ3v) is 5.70. The second-order valence-corrected chi connectivity index (χ2v) is 7.95. The maximum atomic E-state index is 14.4. The first-order valence-corrected chi connectivity index (χ1v) is 10.4. The number of carbonyl (C=O) groups is 1. The summed E-state index contributed by atoms with van der Waals surface area (Å²) in [7, 11) is 0. The normalized spacial score (nSPS) is 16.3. The Labute approximate surface area is 178 Å². The smallest absolute Gasteiger partial charge is 0.257 e. The van der Waals surface area contributed by atoms with Crippen molar-refractivity contribution in [3.05, 3.63) is 71.0 Å². The molecule has 1 saturated heterocycles. The number of amides is 1. The van der Waals surface area contributed by atoms with Gasteiger partial charge in [-0.1, -0.05) is 24.3 Å². The van der Waals surface area contributed by atoms with Gasteiger partial charge in [-0.25, -0.2) is 4.39 Å². The Morgan fingerprint density at radius 3 is 2.94 bits per heavy atom. The zero-order valence-electron chi connectivity index (χ0n) is 17.2. The first-order valence-electron chi connectivity index (χ1n) is 10.4. The van der Waals surface area contributed by atoms with Crippen molar-refractivity contribution in [3.8, 4) is 0 Å². The molecule has 0 spiro atoms. The molecule has 1 aliphatic rings. The maximum absolute atomic E-state index is 14.4. The third kappa shape index (κ3) is 3.74. The highest BCUT2D eigenvalue weighted by atomic mass is 19.1. The molecule has 4 aromatic rings. The van der Waals surface area contributed by atoms with Crippen LogP contribution in [0.15, 0.2) is 48.5 Å². The fourth-order valence-corrected chi connectivity index (χ4v) is 4.14. The highest BCUT2D eigenvalue weighted by molar-refractivity contribution is 5.94. The van der Waals surface area contributed by atoms with Gasteiger partial charge in [0.05, 0.1) is 17.2 Å². The average molecular weight is 419 g/mol. The molecule has 2 aromatic heterocycles. The number of halogens is 1. The lowest BCUT2D eigenvalue weighted by Crippen LogP contribution is -2.37. The largest absolute Gasteiger partial charge is 0.376 e. The number of carbonyl (C=O) groups excluding carboxylic acids is 1. The van der Waals surface area contributed by atoms with Crippen molar-refractivity contribution >= 4 is 22.5 Å². The molecule has 0 saturated carbocycles. The van der Waals surface area contributed by atoms with Crippen LogP contribution in [-0.2, 0) is 11.3 Å². The van der Waals surface area contributed by atoms with Crippen LogP contribution in [0.3, 0.4) is 0 Å². The Kier molecular flexibility index (Phi) is 5.07. The summed E-state index contributed by atoms with van der Waals surface area (Å²) in [5, 5.41) is 13.1. The van der Waals surface area contributed by atoms with Crippen molar-refractivity contribution in [2.24, 2.45) is 0 Å². The summed E-state index contributed by atoms with van der Waals surface area (Å²) in [5.41, 5.74) is 3.43. The van der Waals surface area contributed by atoms with Crippen LogP contribution in [0.1, 0.15) is 34.3 Å². The summed E-state index contributed by atoms with van der Waals surface area (Å²) in [4.78, 5) is 14.9. The van der Waals surface area contributed by atoms with Gasteiger partial charge in [0.15, 0.2) is 5.65 Å². The molecule has 0 radical (unpaired) electrons. The quantitative estimate of drug-likeness (QED) is 0.495. The van der Waals surface area contributed by atoms with E-state index in [1.165, 1.54) is 12.1 Å². The van der Waals surface area contributed by atoms with E-state index < -0.39 is 5.82 Å². The Morgan fingerprint density at radius 1 is 1.26 bits per heavy atom. The van der Waals surface area contributed by atoms with E-state index in [-0.39, 0.29) is 24.1 Å². The Hall–Kier alpha value is -3.39. The van der Waals surface area contributed by atoms with Crippen LogP contribution in [0.25, 0.3) is 16.6 Å². The lowest BCUT2D eigenvalue weighted by Gasteiger charge is -2.26. The number of hydrogen-bond acceptors (Lipinski definition) is 5. The fraction of sp³-hybridized carbons (Fsp3) is 0.304. The van der Waals surface area contributed by atoms with E-state index >= 15 is 0 Å². The van der Waals surface area contributed by atoms with Gasteiger partial charge in [-0.3, -0.25) is 4.79 Å². The van der Waals surface area contributed by atoms with E-state index in [4.69, 9.17) is 4.74 Å². The van der Waals surface area contributed by atoms with Crippen molar-refractivity contribution in [2.75, 3.05) is 13.2 Å². The van der Waals surface area contributed by atoms with Crippen LogP contribution in [0, 0.1) is 12.7 Å². The molecular formula is C23H22FN5O2. The van der Waals surface area contributed by atoms with Crippen LogP contribution >= 0.6 is 0 Å². The number of rotatable bonds is 5. The number of nitrogens with zero attached hydrogens (tertiary/aromatic N) is 5. The summed E-state index contributed by atoms with van der Waals surface area (Å²) in [6.07, 6.45) is 1.77. The van der Waals surface area contributed by atoms with Gasteiger partial charge in [0, 0.05) is 30.6 Å². The molecule has 0 bridgehead atoms. The molecule has 7 nitrogen and oxygen atoms in total. The molecule has 0 aliphatic carbocycles. The van der Waals surface area contributed by atoms with E-state index in [1.807, 2.05) is 31.2 Å². The van der Waals surface area contributed by atoms with Crippen LogP contribution in [-0.4, -0.2) is 50.1 Å². The molecule has 2 aromatic carbocycles. The minimum atomic E-state index is -0.534. The topological polar surface area (TPSA) is 72.6 Å². The highest BCUT2D eigenvalue weighted by Gasteiger charge is 2.26. The minimum absolute atomic E-state index is 0.0486. The van der Waals surface area contributed by atoms with Crippen molar-refractivity contribution in [2.45, 2.75) is 32.4 Å². The molecule has 8 heteroatoms. The van der Waals surface area contributed by atoms with Gasteiger partial charge in [-0.15, -0.1) is 5.10 Å². The number of aryl methyl sites for hydroxylation is 1. The molecule has 3 heterocycles. The molecule has 31 heavy (non-hydrogen) atoms. The number of tetrazole rings is 1. The predicted octanol–water partition coefficient (Wildman–Crippen LogP) is 3.55. The summed E-state index contributed by atoms with van der Waals surface area (Å²) in [6, 6.07) is 14.1. The summed E-state index contributed by atoms with van der Waals surface area (Å²) in [5.74, 6) is -0.906. The molecule has 1 fully saturated rings. The molecule has 0 N–H and O–H groups in total. The number of pyridine rings is 1. The number of ether oxygens (including phenoxy) is 1. The van der Waals surface area contributed by atoms with Gasteiger partial charge >= 0.3 is 0 Å². The summed E-state index contributed by atoms with van der Waals surface area (Å²) in [6.45, 7) is 3.33. The van der Waals surface area contributed by atoms with Crippen molar-refractivity contribution in [1.82, 2.24) is 24.9 Å². The second kappa shape index (κ2) is 8.03. The molecule has 5 rings (SSSR count).